The zero-order valence-corrected chi connectivity index (χ0v) is 54.1. The summed E-state index contributed by atoms with van der Waals surface area (Å²) in [6.07, 6.45) is -43.8. The van der Waals surface area contributed by atoms with Crippen LogP contribution in [0.3, 0.4) is 0 Å². The summed E-state index contributed by atoms with van der Waals surface area (Å²) in [6, 6.07) is 0. The molecule has 0 spiro atoms. The SMILES string of the molecule is COC1C(OC)[C@H](O[C@H]2O[C@@H](COS(=O)(=O)O)[C@@H](O[C@@H]3OC(C(=O)O)[C@@H](O[C@@H]4OC(COS(=O)(=O)O)[C@@H](C)[C@@H](OC)C4OC)[C@H](OC)C3OC)C(OSOOO)C2OSOOO)[C@H](C(=O)O)O[C@@H]1O[C@@H]1C(COSOOO)O[C@H](OC)C(OSOOO)[C@H]1OSOOO. The molecule has 10 unspecified atom stereocenters. The number of rotatable bonds is 44. The van der Waals surface area contributed by atoms with E-state index < -0.39 is 206 Å². The lowest BCUT2D eigenvalue weighted by atomic mass is 9.90. The molecule has 0 aromatic heterocycles. The van der Waals surface area contributed by atoms with Crippen molar-refractivity contribution in [1.82, 2.24) is 0 Å². The van der Waals surface area contributed by atoms with E-state index in [1.54, 1.807) is 6.92 Å². The minimum Gasteiger partial charge on any atom is -0.479 e. The minimum atomic E-state index is -5.51. The Hall–Kier alpha value is -1.01. The second kappa shape index (κ2) is 41.7. The van der Waals surface area contributed by atoms with Gasteiger partial charge >= 0.3 is 32.7 Å². The second-order valence-electron chi connectivity index (χ2n) is 18.4. The number of carbonyl (C=O) groups is 2. The van der Waals surface area contributed by atoms with E-state index in [1.807, 2.05) is 0 Å². The fourth-order valence-corrected chi connectivity index (χ4v) is 12.2. The normalized spacial score (nSPS) is 37.0. The van der Waals surface area contributed by atoms with E-state index in [0.717, 1.165) is 35.5 Å². The molecule has 5 rings (SSSR count). The maximum Gasteiger partial charge on any atom is 0.397 e. The van der Waals surface area contributed by atoms with E-state index in [9.17, 15) is 51.0 Å². The van der Waals surface area contributed by atoms with Gasteiger partial charge in [-0.05, 0) is 0 Å². The highest BCUT2D eigenvalue weighted by molar-refractivity contribution is 7.90. The van der Waals surface area contributed by atoms with Crippen LogP contribution in [-0.2, 0) is 182 Å². The molecule has 0 bridgehead atoms. The van der Waals surface area contributed by atoms with Crippen LogP contribution in [0.25, 0.3) is 0 Å². The standard InChI is InChI=1S/C38H64O48S7/c1-12-13(10-62-92(48,49)50)64-35(27(57-5)16(12)54-2)69-21-19(55-3)28(58-6)37(71-25(21)32(39)40)68-18-15(11-63-93(51,52)53)66-38(31(76-91-86-81-47)24(18)74-89-84-79-45)70-22-20(56-4)29(59-7)36(72-26(22)33(41)42)67-17-14(9-61-87-82-77-43)65-34(60-8)30(75-90-85-80-46)23(17)73-88-83-78-44/h12-31,34-38,43-47H,9-11H2,1-8H3,(H,39,40)(H,41,42)(H,48,49,50)(H,51,52,53)/t12-,13?,14?,15+,16-,17-,18-,19+,20?,21+,22+,23+,24?,25?,26-,27?,28?,29?,30?,31?,34+,35+,36+,37-,38-/m1/s1. The largest absolute Gasteiger partial charge is 0.479 e. The number of hydrogen-bond acceptors (Lipinski definition) is 49. The fourth-order valence-electron chi connectivity index (χ4n) is 9.93. The molecule has 0 aliphatic carbocycles. The monoisotopic (exact) mass is 1510 g/mol. The Labute approximate surface area is 546 Å². The Morgan fingerprint density at radius 1 is 0.366 bits per heavy atom. The molecule has 0 aromatic carbocycles. The van der Waals surface area contributed by atoms with Crippen LogP contribution in [-0.4, -0.2) is 291 Å². The molecule has 0 amide bonds. The zero-order chi connectivity index (χ0) is 68.6. The summed E-state index contributed by atoms with van der Waals surface area (Å²) in [5.41, 5.74) is 0. The lowest BCUT2D eigenvalue weighted by molar-refractivity contribution is -0.437. The predicted octanol–water partition coefficient (Wildman–Crippen LogP) is -1.19. The van der Waals surface area contributed by atoms with Gasteiger partial charge in [-0.3, -0.25) is 30.0 Å². The number of aliphatic carboxylic acids is 2. The van der Waals surface area contributed by atoms with E-state index >= 15 is 0 Å². The second-order valence-corrected chi connectivity index (χ2v) is 22.9. The van der Waals surface area contributed by atoms with Gasteiger partial charge in [0.1, 0.15) is 79.4 Å². The Bertz CT molecular complexity index is 2370. The molecular formula is C38H64O48S7. The molecular weight excluding hydrogens is 1450 g/mol. The van der Waals surface area contributed by atoms with Gasteiger partial charge in [0, 0.05) is 55.7 Å². The van der Waals surface area contributed by atoms with Crippen molar-refractivity contribution < 1.29 is 224 Å². The van der Waals surface area contributed by atoms with Gasteiger partial charge in [0.15, 0.2) is 117 Å². The number of hydrogen-bond donors (Lipinski definition) is 9. The number of carboxylic acid groups (broad SMARTS) is 2. The highest BCUT2D eigenvalue weighted by atomic mass is 32.3. The van der Waals surface area contributed by atoms with Crippen LogP contribution in [0.15, 0.2) is 0 Å². The van der Waals surface area contributed by atoms with Crippen LogP contribution < -0.4 is 0 Å². The first-order valence-electron chi connectivity index (χ1n) is 25.2. The predicted molar refractivity (Wildman–Crippen MR) is 281 cm³/mol. The summed E-state index contributed by atoms with van der Waals surface area (Å²) in [6.45, 7) is -1.29. The quantitative estimate of drug-likeness (QED) is 0.0114. The van der Waals surface area contributed by atoms with Gasteiger partial charge in [0.25, 0.3) is 0 Å². The third-order valence-corrected chi connectivity index (χ3v) is 16.5. The van der Waals surface area contributed by atoms with Gasteiger partial charge in [0.05, 0.1) is 32.0 Å². The van der Waals surface area contributed by atoms with Crippen LogP contribution in [0, 0.1) is 5.92 Å². The average molecular weight is 1510 g/mol. The summed E-state index contributed by atoms with van der Waals surface area (Å²) in [4.78, 5) is 26.8. The summed E-state index contributed by atoms with van der Waals surface area (Å²) >= 11 is -0.531. The van der Waals surface area contributed by atoms with E-state index in [1.165, 1.54) is 14.2 Å². The van der Waals surface area contributed by atoms with Gasteiger partial charge < -0.3 is 86.0 Å². The fraction of sp³-hybridized carbons (Fsp3) is 0.947. The van der Waals surface area contributed by atoms with Gasteiger partial charge in [0.2, 0.25) is 0 Å². The third-order valence-electron chi connectivity index (χ3n) is 13.6. The first-order chi connectivity index (χ1) is 44.5. The summed E-state index contributed by atoms with van der Waals surface area (Å²) < 4.78 is 221. The summed E-state index contributed by atoms with van der Waals surface area (Å²) in [5.74, 6) is -4.46. The molecule has 5 saturated heterocycles. The highest BCUT2D eigenvalue weighted by Gasteiger charge is 2.61. The highest BCUT2D eigenvalue weighted by Crippen LogP contribution is 2.43. The van der Waals surface area contributed by atoms with E-state index in [0.29, 0.717) is 0 Å². The lowest BCUT2D eigenvalue weighted by Crippen LogP contribution is -2.69. The molecule has 546 valence electrons. The first kappa shape index (κ1) is 82.7. The van der Waals surface area contributed by atoms with Crippen LogP contribution in [0.4, 0.5) is 0 Å². The molecule has 0 aromatic rings. The Morgan fingerprint density at radius 3 is 1.05 bits per heavy atom. The number of carboxylic acids is 2. The molecule has 0 saturated carbocycles. The Balaban J connectivity index is 1.57. The smallest absolute Gasteiger partial charge is 0.397 e. The number of ether oxygens (including phenoxy) is 16. The van der Waals surface area contributed by atoms with Gasteiger partial charge in [-0.15, -0.1) is 21.7 Å². The van der Waals surface area contributed by atoms with Crippen LogP contribution in [0.1, 0.15) is 6.92 Å². The van der Waals surface area contributed by atoms with Crippen molar-refractivity contribution in [3.05, 3.63) is 0 Å². The van der Waals surface area contributed by atoms with Crippen molar-refractivity contribution in [3.63, 3.8) is 0 Å². The third kappa shape index (κ3) is 23.5. The summed E-state index contributed by atoms with van der Waals surface area (Å²) in [5, 5.41) is 84.5. The average Bonchev–Trinajstić information content (AvgIpc) is 0.771. The molecule has 5 aliphatic rings. The lowest BCUT2D eigenvalue weighted by Gasteiger charge is -2.51. The molecule has 48 nitrogen and oxygen atoms in total. The first-order valence-corrected chi connectivity index (χ1v) is 31.3. The van der Waals surface area contributed by atoms with E-state index in [2.05, 4.69) is 51.0 Å². The van der Waals surface area contributed by atoms with Crippen molar-refractivity contribution in [3.8, 4) is 0 Å². The van der Waals surface area contributed by atoms with Gasteiger partial charge in [-0.1, -0.05) is 32.1 Å². The zero-order valence-electron chi connectivity index (χ0n) is 48.4. The van der Waals surface area contributed by atoms with Crippen molar-refractivity contribution in [2.24, 2.45) is 5.92 Å². The van der Waals surface area contributed by atoms with Crippen molar-refractivity contribution >= 4 is 94.4 Å². The summed E-state index contributed by atoms with van der Waals surface area (Å²) in [7, 11) is -2.79. The minimum absolute atomic E-state index is 0.0237. The van der Waals surface area contributed by atoms with Crippen molar-refractivity contribution in [1.29, 1.82) is 0 Å². The Morgan fingerprint density at radius 2 is 0.677 bits per heavy atom. The molecule has 0 radical (unpaired) electrons. The van der Waals surface area contributed by atoms with Crippen LogP contribution >= 0.6 is 61.6 Å². The maximum atomic E-state index is 13.5. The molecule has 5 aliphatic heterocycles. The van der Waals surface area contributed by atoms with Gasteiger partial charge in [-0.2, -0.15) is 16.8 Å². The molecule has 25 atom stereocenters. The van der Waals surface area contributed by atoms with E-state index in [-0.39, 0.29) is 61.6 Å². The molecule has 55 heteroatoms. The topological polar surface area (TPSA) is 589 Å². The van der Waals surface area contributed by atoms with Crippen LogP contribution in [0.2, 0.25) is 0 Å². The number of methoxy groups -OCH3 is 7. The van der Waals surface area contributed by atoms with Crippen molar-refractivity contribution in [2.45, 2.75) is 154 Å². The maximum absolute atomic E-state index is 13.5. The van der Waals surface area contributed by atoms with Crippen LogP contribution in [0.5, 0.6) is 0 Å². The van der Waals surface area contributed by atoms with E-state index in [4.69, 9.17) is 122 Å². The molecule has 93 heavy (non-hydrogen) atoms. The Kier molecular flexibility index (Phi) is 37.0. The molecule has 5 fully saturated rings. The van der Waals surface area contributed by atoms with Gasteiger partial charge in [-0.25, -0.2) is 44.2 Å². The van der Waals surface area contributed by atoms with Crippen molar-refractivity contribution in [2.75, 3.05) is 69.6 Å². The molecule has 5 heterocycles. The molecule has 9 N–H and O–H groups in total.